The zero-order chi connectivity index (χ0) is 34.4. The van der Waals surface area contributed by atoms with Gasteiger partial charge < -0.3 is 29.0 Å². The Bertz CT molecular complexity index is 1290. The van der Waals surface area contributed by atoms with Gasteiger partial charge in [-0.3, -0.25) is 4.79 Å². The average molecular weight is 672 g/mol. The van der Waals surface area contributed by atoms with Gasteiger partial charge in [0.2, 0.25) is 5.91 Å². The maximum absolute atomic E-state index is 13.5. The third-order valence-corrected chi connectivity index (χ3v) is 8.82. The lowest BCUT2D eigenvalue weighted by molar-refractivity contribution is -0.288. The van der Waals surface area contributed by atoms with Crippen LogP contribution in [0, 0.1) is 0 Å². The third-order valence-electron chi connectivity index (χ3n) is 8.82. The Morgan fingerprint density at radius 3 is 1.76 bits per heavy atom. The summed E-state index contributed by atoms with van der Waals surface area (Å²) in [5, 5.41) is 3.25. The molecule has 0 saturated carbocycles. The molecule has 1 fully saturated rings. The first-order valence-corrected chi connectivity index (χ1v) is 18.3. The monoisotopic (exact) mass is 671 g/mol. The number of rotatable bonds is 24. The maximum atomic E-state index is 13.5. The minimum absolute atomic E-state index is 0.0438. The van der Waals surface area contributed by atoms with Crippen molar-refractivity contribution >= 4 is 5.91 Å². The quantitative estimate of drug-likeness (QED) is 0.0759. The number of ether oxygens (including phenoxy) is 5. The fourth-order valence-corrected chi connectivity index (χ4v) is 6.15. The predicted molar refractivity (Wildman–Crippen MR) is 195 cm³/mol. The molecule has 5 atom stereocenters. The van der Waals surface area contributed by atoms with Crippen LogP contribution in [0.3, 0.4) is 0 Å². The first-order chi connectivity index (χ1) is 24.2. The number of carbonyl (C=O) groups excluding carboxylic acids is 1. The van der Waals surface area contributed by atoms with E-state index in [1.54, 1.807) is 6.08 Å². The van der Waals surface area contributed by atoms with E-state index in [-0.39, 0.29) is 19.1 Å². The molecule has 3 aromatic rings. The summed E-state index contributed by atoms with van der Waals surface area (Å²) in [5.74, 6) is -0.0438. The number of nitrogens with one attached hydrogen (secondary N) is 1. The van der Waals surface area contributed by atoms with Crippen LogP contribution in [0.4, 0.5) is 0 Å². The van der Waals surface area contributed by atoms with Crippen LogP contribution in [-0.2, 0) is 48.3 Å². The topological polar surface area (TPSA) is 75.2 Å². The van der Waals surface area contributed by atoms with Gasteiger partial charge in [-0.05, 0) is 23.1 Å². The van der Waals surface area contributed by atoms with E-state index in [4.69, 9.17) is 23.7 Å². The highest BCUT2D eigenvalue weighted by atomic mass is 16.7. The van der Waals surface area contributed by atoms with Crippen LogP contribution >= 0.6 is 0 Å². The first kappa shape index (κ1) is 38.5. The third kappa shape index (κ3) is 14.2. The highest BCUT2D eigenvalue weighted by molar-refractivity contribution is 5.76. The second kappa shape index (κ2) is 23.1. The van der Waals surface area contributed by atoms with Gasteiger partial charge in [-0.1, -0.05) is 155 Å². The van der Waals surface area contributed by atoms with Crippen LogP contribution < -0.4 is 5.32 Å². The lowest BCUT2D eigenvalue weighted by Crippen LogP contribution is -2.66. The molecule has 3 aromatic carbocycles. The molecule has 1 heterocycles. The molecule has 1 N–H and O–H groups in total. The Morgan fingerprint density at radius 2 is 1.20 bits per heavy atom. The molecule has 0 aliphatic carbocycles. The van der Waals surface area contributed by atoms with E-state index >= 15 is 0 Å². The molecule has 266 valence electrons. The molecule has 0 spiro atoms. The van der Waals surface area contributed by atoms with Crippen LogP contribution in [0.5, 0.6) is 0 Å². The van der Waals surface area contributed by atoms with Gasteiger partial charge in [0.1, 0.15) is 24.4 Å². The van der Waals surface area contributed by atoms with Crippen molar-refractivity contribution in [1.82, 2.24) is 5.32 Å². The summed E-state index contributed by atoms with van der Waals surface area (Å²) < 4.78 is 32.4. The van der Waals surface area contributed by atoms with Crippen molar-refractivity contribution in [2.24, 2.45) is 0 Å². The van der Waals surface area contributed by atoms with E-state index in [9.17, 15) is 4.79 Å². The van der Waals surface area contributed by atoms with E-state index in [1.807, 2.05) is 91.0 Å². The standard InChI is InChI=1S/C42H57NO6/c1-3-5-6-7-8-9-10-11-21-28-38(44)43-39-41(48-32-36-26-19-14-20-27-36)40(47-31-35-24-17-13-18-25-35)37(49-42(39)46-29-4-2)33-45-30-34-22-15-12-16-23-34/h4,12-20,22-27,37,39-42H,2-3,5-11,21,28-33H2,1H3,(H,43,44)/t37-,39-,40-,41-,42+/m1/s1. The lowest BCUT2D eigenvalue weighted by atomic mass is 9.95. The molecule has 1 aliphatic rings. The zero-order valence-electron chi connectivity index (χ0n) is 29.4. The smallest absolute Gasteiger partial charge is 0.220 e. The maximum Gasteiger partial charge on any atom is 0.220 e. The Kier molecular flexibility index (Phi) is 18.2. The van der Waals surface area contributed by atoms with Gasteiger partial charge in [0, 0.05) is 6.42 Å². The van der Waals surface area contributed by atoms with Gasteiger partial charge in [0.05, 0.1) is 33.0 Å². The minimum atomic E-state index is -0.784. The normalized spacial score (nSPS) is 20.6. The van der Waals surface area contributed by atoms with Crippen LogP contribution in [-0.4, -0.2) is 49.8 Å². The SMILES string of the molecule is C=CCO[C@H]1O[C@H](COCc2ccccc2)[C@@H](OCc2ccccc2)[C@H](OCc2ccccc2)[C@H]1NC(=O)CCCCCCCCCCC. The Labute approximate surface area is 294 Å². The minimum Gasteiger partial charge on any atom is -0.374 e. The molecular weight excluding hydrogens is 614 g/mol. The van der Waals surface area contributed by atoms with E-state index in [0.717, 1.165) is 36.0 Å². The van der Waals surface area contributed by atoms with Crippen molar-refractivity contribution in [2.75, 3.05) is 13.2 Å². The van der Waals surface area contributed by atoms with E-state index in [2.05, 4.69) is 18.8 Å². The Balaban J connectivity index is 1.49. The van der Waals surface area contributed by atoms with Gasteiger partial charge in [-0.25, -0.2) is 0 Å². The largest absolute Gasteiger partial charge is 0.374 e. The summed E-state index contributed by atoms with van der Waals surface area (Å²) in [5.41, 5.74) is 3.12. The van der Waals surface area contributed by atoms with E-state index < -0.39 is 30.6 Å². The highest BCUT2D eigenvalue weighted by Crippen LogP contribution is 2.29. The molecule has 0 radical (unpaired) electrons. The fraction of sp³-hybridized carbons (Fsp3) is 0.500. The molecule has 49 heavy (non-hydrogen) atoms. The summed E-state index contributed by atoms with van der Waals surface area (Å²) in [7, 11) is 0. The Morgan fingerprint density at radius 1 is 0.694 bits per heavy atom. The van der Waals surface area contributed by atoms with Crippen molar-refractivity contribution in [3.05, 3.63) is 120 Å². The Hall–Kier alpha value is -3.33. The number of amides is 1. The number of benzene rings is 3. The molecule has 7 nitrogen and oxygen atoms in total. The summed E-state index contributed by atoms with van der Waals surface area (Å²) in [6, 6.07) is 29.5. The van der Waals surface area contributed by atoms with Crippen molar-refractivity contribution in [3.8, 4) is 0 Å². The summed E-state index contributed by atoms with van der Waals surface area (Å²) >= 11 is 0. The predicted octanol–water partition coefficient (Wildman–Crippen LogP) is 8.71. The average Bonchev–Trinajstić information content (AvgIpc) is 3.14. The van der Waals surface area contributed by atoms with E-state index in [1.165, 1.54) is 38.5 Å². The fourth-order valence-electron chi connectivity index (χ4n) is 6.15. The van der Waals surface area contributed by atoms with Crippen molar-refractivity contribution in [2.45, 2.75) is 122 Å². The van der Waals surface area contributed by atoms with Gasteiger partial charge in [-0.2, -0.15) is 0 Å². The molecule has 1 saturated heterocycles. The van der Waals surface area contributed by atoms with Crippen LogP contribution in [0.2, 0.25) is 0 Å². The van der Waals surface area contributed by atoms with Crippen LogP contribution in [0.15, 0.2) is 104 Å². The van der Waals surface area contributed by atoms with E-state index in [0.29, 0.717) is 26.2 Å². The second-order valence-electron chi connectivity index (χ2n) is 12.9. The molecule has 0 unspecified atom stereocenters. The van der Waals surface area contributed by atoms with Crippen molar-refractivity contribution < 1.29 is 28.5 Å². The lowest BCUT2D eigenvalue weighted by Gasteiger charge is -2.46. The second-order valence-corrected chi connectivity index (χ2v) is 12.9. The van der Waals surface area contributed by atoms with Gasteiger partial charge in [0.15, 0.2) is 6.29 Å². The summed E-state index contributed by atoms with van der Waals surface area (Å²) in [6.07, 6.45) is 10.4. The summed E-state index contributed by atoms with van der Waals surface area (Å²) in [4.78, 5) is 13.5. The summed E-state index contributed by atoms with van der Waals surface area (Å²) in [6.45, 7) is 7.72. The molecule has 1 amide bonds. The van der Waals surface area contributed by atoms with Gasteiger partial charge in [0.25, 0.3) is 0 Å². The molecule has 0 bridgehead atoms. The molecule has 7 heteroatoms. The van der Waals surface area contributed by atoms with Crippen LogP contribution in [0.25, 0.3) is 0 Å². The van der Waals surface area contributed by atoms with Crippen LogP contribution in [0.1, 0.15) is 87.8 Å². The molecule has 4 rings (SSSR count). The van der Waals surface area contributed by atoms with Gasteiger partial charge in [-0.15, -0.1) is 6.58 Å². The number of hydrogen-bond donors (Lipinski definition) is 1. The molecule has 1 aliphatic heterocycles. The number of carbonyl (C=O) groups is 1. The van der Waals surface area contributed by atoms with Crippen molar-refractivity contribution in [3.63, 3.8) is 0 Å². The zero-order valence-corrected chi connectivity index (χ0v) is 29.4. The highest BCUT2D eigenvalue weighted by Gasteiger charge is 2.48. The number of unbranched alkanes of at least 4 members (excludes halogenated alkanes) is 8. The van der Waals surface area contributed by atoms with Crippen molar-refractivity contribution in [1.29, 1.82) is 0 Å². The van der Waals surface area contributed by atoms with Gasteiger partial charge >= 0.3 is 0 Å². The number of hydrogen-bond acceptors (Lipinski definition) is 6. The molecular formula is C42H57NO6. The first-order valence-electron chi connectivity index (χ1n) is 18.3. The molecule has 0 aromatic heterocycles.